The molecule has 1 aliphatic heterocycles. The summed E-state index contributed by atoms with van der Waals surface area (Å²) < 4.78 is 27.0. The largest absolute Gasteiger partial charge is 0.325 e. The average Bonchev–Trinajstić information content (AvgIpc) is 2.74. The molecule has 0 aliphatic carbocycles. The summed E-state index contributed by atoms with van der Waals surface area (Å²) in [6, 6.07) is 13.7. The molecule has 0 spiro atoms. The molecule has 0 aromatic heterocycles. The van der Waals surface area contributed by atoms with Gasteiger partial charge in [-0.2, -0.15) is 4.31 Å². The Balaban J connectivity index is 1.44. The van der Waals surface area contributed by atoms with Gasteiger partial charge in [-0.05, 0) is 55.9 Å². The summed E-state index contributed by atoms with van der Waals surface area (Å²) in [7, 11) is -1.57. The predicted molar refractivity (Wildman–Crippen MR) is 128 cm³/mol. The Morgan fingerprint density at radius 1 is 0.906 bits per heavy atom. The Kier molecular flexibility index (Phi) is 8.30. The number of rotatable bonds is 8. The van der Waals surface area contributed by atoms with Crippen LogP contribution in [0, 0.1) is 6.92 Å². The predicted octanol–water partition coefficient (Wildman–Crippen LogP) is 2.24. The van der Waals surface area contributed by atoms with E-state index in [0.29, 0.717) is 31.9 Å². The van der Waals surface area contributed by atoms with E-state index in [1.807, 2.05) is 38.2 Å². The number of carbonyl (C=O) groups is 2. The second-order valence-electron chi connectivity index (χ2n) is 7.69. The molecule has 0 atom stereocenters. The summed E-state index contributed by atoms with van der Waals surface area (Å²) in [6.45, 7) is 4.28. The van der Waals surface area contributed by atoms with E-state index in [4.69, 9.17) is 0 Å². The summed E-state index contributed by atoms with van der Waals surface area (Å²) in [6.07, 6.45) is 0. The van der Waals surface area contributed by atoms with E-state index in [0.717, 1.165) is 11.3 Å². The van der Waals surface area contributed by atoms with Gasteiger partial charge in [-0.3, -0.25) is 9.59 Å². The van der Waals surface area contributed by atoms with Crippen molar-refractivity contribution in [1.29, 1.82) is 0 Å². The molecule has 0 bridgehead atoms. The van der Waals surface area contributed by atoms with Gasteiger partial charge in [0.1, 0.15) is 0 Å². The van der Waals surface area contributed by atoms with Crippen LogP contribution >= 0.6 is 11.8 Å². The minimum absolute atomic E-state index is 0.114. The molecule has 2 aromatic rings. The van der Waals surface area contributed by atoms with Crippen molar-refractivity contribution in [2.24, 2.45) is 0 Å². The monoisotopic (exact) mass is 476 g/mol. The Morgan fingerprint density at radius 2 is 1.50 bits per heavy atom. The van der Waals surface area contributed by atoms with Gasteiger partial charge in [-0.1, -0.05) is 12.1 Å². The number of benzene rings is 2. The molecule has 0 radical (unpaired) electrons. The molecule has 8 nitrogen and oxygen atoms in total. The summed E-state index contributed by atoms with van der Waals surface area (Å²) >= 11 is 1.21. The molecule has 172 valence electrons. The van der Waals surface area contributed by atoms with Gasteiger partial charge in [-0.25, -0.2) is 8.42 Å². The van der Waals surface area contributed by atoms with Crippen LogP contribution in [-0.2, 0) is 19.6 Å². The third-order valence-corrected chi connectivity index (χ3v) is 7.85. The number of nitrogens with one attached hydrogen (secondary N) is 2. The highest BCUT2D eigenvalue weighted by Gasteiger charge is 2.27. The van der Waals surface area contributed by atoms with Crippen molar-refractivity contribution in [1.82, 2.24) is 9.21 Å². The lowest BCUT2D eigenvalue weighted by Gasteiger charge is -2.31. The molecule has 2 amide bonds. The zero-order valence-corrected chi connectivity index (χ0v) is 19.8. The van der Waals surface area contributed by atoms with Crippen LogP contribution in [0.25, 0.3) is 0 Å². The standard InChI is InChI=1S/C22H28N4O4S2/c1-17-4-3-5-19(14-17)24-22(28)16-31-15-21(27)23-18-6-8-20(9-7-18)32(29,30)26-12-10-25(2)11-13-26/h3-9,14H,10-13,15-16H2,1-2H3,(H,23,27)(H,24,28). The van der Waals surface area contributed by atoms with E-state index in [1.54, 1.807) is 12.1 Å². The first kappa shape index (κ1) is 24.2. The van der Waals surface area contributed by atoms with Gasteiger partial charge in [0.2, 0.25) is 21.8 Å². The van der Waals surface area contributed by atoms with Crippen molar-refractivity contribution in [3.63, 3.8) is 0 Å². The summed E-state index contributed by atoms with van der Waals surface area (Å²) in [5, 5.41) is 5.53. The Hall–Kier alpha value is -2.40. The van der Waals surface area contributed by atoms with Crippen LogP contribution in [0.2, 0.25) is 0 Å². The number of hydrogen-bond donors (Lipinski definition) is 2. The highest BCUT2D eigenvalue weighted by Crippen LogP contribution is 2.20. The first-order chi connectivity index (χ1) is 15.2. The molecule has 32 heavy (non-hydrogen) atoms. The van der Waals surface area contributed by atoms with Crippen molar-refractivity contribution >= 4 is 45.0 Å². The Labute approximate surface area is 193 Å². The summed E-state index contributed by atoms with van der Waals surface area (Å²) in [4.78, 5) is 26.5. The number of sulfonamides is 1. The lowest BCUT2D eigenvalue weighted by Crippen LogP contribution is -2.46. The SMILES string of the molecule is Cc1cccc(NC(=O)CSCC(=O)Nc2ccc(S(=O)(=O)N3CCN(C)CC3)cc2)c1. The zero-order valence-electron chi connectivity index (χ0n) is 18.2. The average molecular weight is 477 g/mol. The second kappa shape index (κ2) is 11.0. The van der Waals surface area contributed by atoms with Gasteiger partial charge in [-0.15, -0.1) is 11.8 Å². The van der Waals surface area contributed by atoms with Crippen LogP contribution in [0.3, 0.4) is 0 Å². The molecule has 1 aliphatic rings. The maximum Gasteiger partial charge on any atom is 0.243 e. The molecule has 0 unspecified atom stereocenters. The summed E-state index contributed by atoms with van der Waals surface area (Å²) in [5.74, 6) is -0.161. The Bertz CT molecular complexity index is 1050. The van der Waals surface area contributed by atoms with Gasteiger partial charge in [0.15, 0.2) is 0 Å². The lowest BCUT2D eigenvalue weighted by molar-refractivity contribution is -0.114. The highest BCUT2D eigenvalue weighted by atomic mass is 32.2. The maximum absolute atomic E-state index is 12.8. The quantitative estimate of drug-likeness (QED) is 0.606. The summed E-state index contributed by atoms with van der Waals surface area (Å²) in [5.41, 5.74) is 2.29. The smallest absolute Gasteiger partial charge is 0.243 e. The van der Waals surface area contributed by atoms with E-state index >= 15 is 0 Å². The van der Waals surface area contributed by atoms with E-state index in [2.05, 4.69) is 15.5 Å². The van der Waals surface area contributed by atoms with E-state index in [-0.39, 0.29) is 28.2 Å². The number of carbonyl (C=O) groups excluding carboxylic acids is 2. The first-order valence-corrected chi connectivity index (χ1v) is 12.9. The zero-order chi connectivity index (χ0) is 23.1. The van der Waals surface area contributed by atoms with Gasteiger partial charge in [0, 0.05) is 37.6 Å². The molecule has 2 aromatic carbocycles. The van der Waals surface area contributed by atoms with Crippen LogP contribution in [0.4, 0.5) is 11.4 Å². The van der Waals surface area contributed by atoms with Crippen molar-refractivity contribution in [2.45, 2.75) is 11.8 Å². The number of amides is 2. The highest BCUT2D eigenvalue weighted by molar-refractivity contribution is 8.00. The molecule has 0 saturated carbocycles. The normalized spacial score (nSPS) is 15.3. The lowest BCUT2D eigenvalue weighted by atomic mass is 10.2. The molecule has 1 saturated heterocycles. The second-order valence-corrected chi connectivity index (χ2v) is 10.6. The number of piperazine rings is 1. The molecule has 10 heteroatoms. The van der Waals surface area contributed by atoms with Crippen LogP contribution in [0.1, 0.15) is 5.56 Å². The van der Waals surface area contributed by atoms with E-state index < -0.39 is 10.0 Å². The third-order valence-electron chi connectivity index (χ3n) is 5.01. The number of hydrogen-bond acceptors (Lipinski definition) is 6. The van der Waals surface area contributed by atoms with E-state index in [1.165, 1.54) is 28.2 Å². The molecular weight excluding hydrogens is 448 g/mol. The van der Waals surface area contributed by atoms with Gasteiger partial charge in [0.05, 0.1) is 16.4 Å². The Morgan fingerprint density at radius 3 is 2.09 bits per heavy atom. The number of nitrogens with zero attached hydrogens (tertiary/aromatic N) is 2. The van der Waals surface area contributed by atoms with Crippen molar-refractivity contribution in [3.8, 4) is 0 Å². The maximum atomic E-state index is 12.8. The van der Waals surface area contributed by atoms with Crippen LogP contribution in [-0.4, -0.2) is 74.2 Å². The minimum Gasteiger partial charge on any atom is -0.325 e. The number of thioether (sulfide) groups is 1. The number of aryl methyl sites for hydroxylation is 1. The van der Waals surface area contributed by atoms with Gasteiger partial charge in [0.25, 0.3) is 0 Å². The first-order valence-electron chi connectivity index (χ1n) is 10.3. The molecule has 2 N–H and O–H groups in total. The molecule has 1 heterocycles. The molecule has 3 rings (SSSR count). The number of anilines is 2. The topological polar surface area (TPSA) is 98.8 Å². The fourth-order valence-electron chi connectivity index (χ4n) is 3.24. The fraction of sp³-hybridized carbons (Fsp3) is 0.364. The molecule has 1 fully saturated rings. The van der Waals surface area contributed by atoms with Crippen molar-refractivity contribution in [2.75, 3.05) is 55.4 Å². The van der Waals surface area contributed by atoms with Gasteiger partial charge < -0.3 is 15.5 Å². The third kappa shape index (κ3) is 6.80. The molecular formula is C22H28N4O4S2. The fourth-order valence-corrected chi connectivity index (χ4v) is 5.28. The minimum atomic E-state index is -3.54. The van der Waals surface area contributed by atoms with Gasteiger partial charge >= 0.3 is 0 Å². The van der Waals surface area contributed by atoms with Crippen LogP contribution < -0.4 is 10.6 Å². The van der Waals surface area contributed by atoms with Crippen LogP contribution in [0.5, 0.6) is 0 Å². The van der Waals surface area contributed by atoms with E-state index in [9.17, 15) is 18.0 Å². The van der Waals surface area contributed by atoms with Crippen LogP contribution in [0.15, 0.2) is 53.4 Å². The van der Waals surface area contributed by atoms with Crippen molar-refractivity contribution in [3.05, 3.63) is 54.1 Å². The van der Waals surface area contributed by atoms with Crippen molar-refractivity contribution < 1.29 is 18.0 Å². The number of likely N-dealkylation sites (N-methyl/N-ethyl adjacent to an activating group) is 1.